The van der Waals surface area contributed by atoms with Crippen molar-refractivity contribution in [2.24, 2.45) is 5.92 Å². The highest BCUT2D eigenvalue weighted by Crippen LogP contribution is 2.30. The Hall–Kier alpha value is -0.540. The molecule has 2 aliphatic rings. The van der Waals surface area contributed by atoms with E-state index < -0.39 is 0 Å². The van der Waals surface area contributed by atoms with Crippen LogP contribution in [0.4, 0.5) is 5.69 Å². The number of halogens is 1. The molecule has 1 N–H and O–H groups in total. The summed E-state index contributed by atoms with van der Waals surface area (Å²) >= 11 is 3.58. The first-order valence-electron chi connectivity index (χ1n) is 7.53. The van der Waals surface area contributed by atoms with E-state index in [0.717, 1.165) is 18.4 Å². The minimum absolute atomic E-state index is 0.828. The van der Waals surface area contributed by atoms with E-state index in [4.69, 9.17) is 0 Å². The number of nitrogens with one attached hydrogen (secondary N) is 1. The monoisotopic (exact) mass is 322 g/mol. The van der Waals surface area contributed by atoms with Gasteiger partial charge in [0.15, 0.2) is 0 Å². The molecule has 1 saturated carbocycles. The minimum atomic E-state index is 0.828. The first-order valence-corrected chi connectivity index (χ1v) is 8.32. The Morgan fingerprint density at radius 1 is 1.32 bits per heavy atom. The smallest absolute Gasteiger partial charge is 0.0399 e. The highest BCUT2D eigenvalue weighted by Gasteiger charge is 2.27. The van der Waals surface area contributed by atoms with Gasteiger partial charge in [0.2, 0.25) is 0 Å². The largest absolute Gasteiger partial charge is 0.371 e. The van der Waals surface area contributed by atoms with Gasteiger partial charge in [0.05, 0.1) is 0 Å². The van der Waals surface area contributed by atoms with Gasteiger partial charge in [-0.1, -0.05) is 22.9 Å². The molecule has 0 amide bonds. The number of anilines is 1. The lowest BCUT2D eigenvalue weighted by atomic mass is 10.1. The molecule has 1 saturated heterocycles. The van der Waals surface area contributed by atoms with Gasteiger partial charge >= 0.3 is 0 Å². The fraction of sp³-hybridized carbons (Fsp3) is 0.625. The average molecular weight is 323 g/mol. The molecule has 1 atom stereocenters. The van der Waals surface area contributed by atoms with Crippen LogP contribution in [0.3, 0.4) is 0 Å². The molecule has 1 heterocycles. The molecule has 0 spiro atoms. The maximum Gasteiger partial charge on any atom is 0.0399 e. The third kappa shape index (κ3) is 3.32. The Morgan fingerprint density at radius 3 is 2.89 bits per heavy atom. The number of rotatable bonds is 5. The molecular formula is C16H23BrN2. The summed E-state index contributed by atoms with van der Waals surface area (Å²) in [4.78, 5) is 2.57. The molecule has 2 fully saturated rings. The van der Waals surface area contributed by atoms with E-state index >= 15 is 0 Å². The van der Waals surface area contributed by atoms with Crippen LogP contribution in [0.15, 0.2) is 22.7 Å². The molecular weight excluding hydrogens is 300 g/mol. The van der Waals surface area contributed by atoms with Crippen molar-refractivity contribution < 1.29 is 0 Å². The molecule has 2 nitrogen and oxygen atoms in total. The van der Waals surface area contributed by atoms with E-state index in [1.807, 2.05) is 0 Å². The fourth-order valence-electron chi connectivity index (χ4n) is 2.98. The van der Waals surface area contributed by atoms with Crippen LogP contribution >= 0.6 is 15.9 Å². The minimum Gasteiger partial charge on any atom is -0.371 e. The van der Waals surface area contributed by atoms with E-state index in [1.165, 1.54) is 54.6 Å². The van der Waals surface area contributed by atoms with Gasteiger partial charge in [-0.25, -0.2) is 0 Å². The third-order valence-electron chi connectivity index (χ3n) is 4.32. The molecule has 0 radical (unpaired) electrons. The Labute approximate surface area is 124 Å². The van der Waals surface area contributed by atoms with Crippen molar-refractivity contribution in [2.45, 2.75) is 38.6 Å². The summed E-state index contributed by atoms with van der Waals surface area (Å²) in [6.07, 6.45) is 5.22. The summed E-state index contributed by atoms with van der Waals surface area (Å²) in [5, 5.41) is 3.67. The second-order valence-electron chi connectivity index (χ2n) is 5.91. The van der Waals surface area contributed by atoms with Crippen LogP contribution in [0.25, 0.3) is 0 Å². The van der Waals surface area contributed by atoms with Gasteiger partial charge in [-0.15, -0.1) is 0 Å². The topological polar surface area (TPSA) is 15.3 Å². The maximum atomic E-state index is 3.67. The highest BCUT2D eigenvalue weighted by molar-refractivity contribution is 9.10. The Bertz CT molecular complexity index is 442. The van der Waals surface area contributed by atoms with Gasteiger partial charge < -0.3 is 10.2 Å². The molecule has 1 aliphatic carbocycles. The molecule has 104 valence electrons. The van der Waals surface area contributed by atoms with Crippen LogP contribution in [0.1, 0.15) is 31.7 Å². The fourth-order valence-corrected chi connectivity index (χ4v) is 3.39. The van der Waals surface area contributed by atoms with E-state index in [1.54, 1.807) is 0 Å². The van der Waals surface area contributed by atoms with Crippen molar-refractivity contribution in [1.82, 2.24) is 5.32 Å². The second kappa shape index (κ2) is 5.84. The summed E-state index contributed by atoms with van der Waals surface area (Å²) in [5.74, 6) is 0.828. The van der Waals surface area contributed by atoms with Gasteiger partial charge in [-0.3, -0.25) is 0 Å². The van der Waals surface area contributed by atoms with Gasteiger partial charge in [0, 0.05) is 29.3 Å². The molecule has 0 bridgehead atoms. The van der Waals surface area contributed by atoms with Crippen molar-refractivity contribution in [2.75, 3.05) is 24.5 Å². The molecule has 1 aromatic carbocycles. The van der Waals surface area contributed by atoms with E-state index in [9.17, 15) is 0 Å². The van der Waals surface area contributed by atoms with Gasteiger partial charge in [-0.05, 0) is 61.9 Å². The van der Waals surface area contributed by atoms with Crippen LogP contribution in [-0.2, 0) is 6.42 Å². The molecule has 19 heavy (non-hydrogen) atoms. The van der Waals surface area contributed by atoms with Crippen LogP contribution in [0.2, 0.25) is 0 Å². The lowest BCUT2D eigenvalue weighted by Crippen LogP contribution is -2.28. The summed E-state index contributed by atoms with van der Waals surface area (Å²) in [6.45, 7) is 5.88. The molecule has 1 aliphatic heterocycles. The molecule has 1 unspecified atom stereocenters. The predicted molar refractivity (Wildman–Crippen MR) is 84.9 cm³/mol. The number of aryl methyl sites for hydroxylation is 1. The first-order chi connectivity index (χ1) is 9.26. The van der Waals surface area contributed by atoms with Gasteiger partial charge in [-0.2, -0.15) is 0 Å². The summed E-state index contributed by atoms with van der Waals surface area (Å²) in [6, 6.07) is 7.56. The molecule has 1 aromatic rings. The van der Waals surface area contributed by atoms with E-state index in [2.05, 4.69) is 51.3 Å². The molecule has 3 heteroatoms. The summed E-state index contributed by atoms with van der Waals surface area (Å²) < 4.78 is 1.19. The Morgan fingerprint density at radius 2 is 2.16 bits per heavy atom. The van der Waals surface area contributed by atoms with Crippen molar-refractivity contribution in [3.63, 3.8) is 0 Å². The maximum absolute atomic E-state index is 3.67. The SMILES string of the molecule is CCc1cc(Br)ccc1N1CCC(CNC2CC2)C1. The number of hydrogen-bond donors (Lipinski definition) is 1. The predicted octanol–water partition coefficient (Wildman–Crippen LogP) is 3.59. The first kappa shape index (κ1) is 13.4. The summed E-state index contributed by atoms with van der Waals surface area (Å²) in [5.41, 5.74) is 2.91. The zero-order valence-electron chi connectivity index (χ0n) is 11.7. The van der Waals surface area contributed by atoms with Crippen LogP contribution < -0.4 is 10.2 Å². The van der Waals surface area contributed by atoms with Crippen LogP contribution in [0.5, 0.6) is 0 Å². The number of benzene rings is 1. The van der Waals surface area contributed by atoms with E-state index in [-0.39, 0.29) is 0 Å². The lowest BCUT2D eigenvalue weighted by Gasteiger charge is -2.22. The zero-order chi connectivity index (χ0) is 13.2. The van der Waals surface area contributed by atoms with Crippen LogP contribution in [0, 0.1) is 5.92 Å². The third-order valence-corrected chi connectivity index (χ3v) is 4.81. The van der Waals surface area contributed by atoms with Gasteiger partial charge in [0.1, 0.15) is 0 Å². The standard InChI is InChI=1S/C16H23BrN2/c1-2-13-9-14(17)3-6-16(13)19-8-7-12(11-19)10-18-15-4-5-15/h3,6,9,12,15,18H,2,4-5,7-8,10-11H2,1H3. The van der Waals surface area contributed by atoms with Gasteiger partial charge in [0.25, 0.3) is 0 Å². The number of hydrogen-bond acceptors (Lipinski definition) is 2. The van der Waals surface area contributed by atoms with Crippen molar-refractivity contribution in [3.05, 3.63) is 28.2 Å². The Balaban J connectivity index is 1.62. The van der Waals surface area contributed by atoms with E-state index in [0.29, 0.717) is 0 Å². The quantitative estimate of drug-likeness (QED) is 0.891. The normalized spacial score (nSPS) is 23.1. The zero-order valence-corrected chi connectivity index (χ0v) is 13.2. The Kier molecular flexibility index (Phi) is 4.13. The van der Waals surface area contributed by atoms with Crippen molar-refractivity contribution >= 4 is 21.6 Å². The molecule has 0 aromatic heterocycles. The average Bonchev–Trinajstić information content (AvgIpc) is 3.14. The second-order valence-corrected chi connectivity index (χ2v) is 6.83. The van der Waals surface area contributed by atoms with Crippen LogP contribution in [-0.4, -0.2) is 25.7 Å². The highest BCUT2D eigenvalue weighted by atomic mass is 79.9. The lowest BCUT2D eigenvalue weighted by molar-refractivity contribution is 0.515. The van der Waals surface area contributed by atoms with Crippen molar-refractivity contribution in [1.29, 1.82) is 0 Å². The molecule has 3 rings (SSSR count). The van der Waals surface area contributed by atoms with Crippen molar-refractivity contribution in [3.8, 4) is 0 Å². The summed E-state index contributed by atoms with van der Waals surface area (Å²) in [7, 11) is 0. The number of nitrogens with zero attached hydrogens (tertiary/aromatic N) is 1.